The van der Waals surface area contributed by atoms with Gasteiger partial charge in [-0.3, -0.25) is 9.36 Å². The highest BCUT2D eigenvalue weighted by molar-refractivity contribution is 5.75. The standard InChI is InChI=1S/C27H20N6O2/c1-35-22-12-6-8-19(14-22)17-33-25-23(16-29-27(32-25)30-21-10-3-2-4-11-21)31-24(26(33)34)20-9-5-7-18(13-20)15-28/h2-14,16H,17H2,1H3,(H,29,30,32). The molecule has 0 saturated heterocycles. The van der Waals surface area contributed by atoms with Gasteiger partial charge in [0.2, 0.25) is 5.95 Å². The second kappa shape index (κ2) is 9.45. The Balaban J connectivity index is 1.68. The predicted octanol–water partition coefficient (Wildman–Crippen LogP) is 4.53. The number of anilines is 2. The molecule has 0 unspecified atom stereocenters. The Hall–Kier alpha value is -5.03. The lowest BCUT2D eigenvalue weighted by molar-refractivity contribution is 0.414. The van der Waals surface area contributed by atoms with Crippen LogP contribution in [0, 0.1) is 11.3 Å². The molecule has 0 atom stereocenters. The molecule has 0 aliphatic carbocycles. The van der Waals surface area contributed by atoms with Crippen LogP contribution < -0.4 is 15.6 Å². The van der Waals surface area contributed by atoms with E-state index in [9.17, 15) is 10.1 Å². The molecule has 8 nitrogen and oxygen atoms in total. The molecule has 0 radical (unpaired) electrons. The van der Waals surface area contributed by atoms with E-state index in [4.69, 9.17) is 4.74 Å². The summed E-state index contributed by atoms with van der Waals surface area (Å²) in [6.45, 7) is 0.252. The lowest BCUT2D eigenvalue weighted by Crippen LogP contribution is -2.25. The minimum absolute atomic E-state index is 0.227. The van der Waals surface area contributed by atoms with E-state index in [2.05, 4.69) is 26.3 Å². The number of aromatic nitrogens is 4. The van der Waals surface area contributed by atoms with E-state index in [1.807, 2.05) is 54.6 Å². The van der Waals surface area contributed by atoms with Crippen LogP contribution >= 0.6 is 0 Å². The molecule has 170 valence electrons. The maximum Gasteiger partial charge on any atom is 0.279 e. The summed E-state index contributed by atoms with van der Waals surface area (Å²) in [6.07, 6.45) is 1.59. The van der Waals surface area contributed by atoms with Gasteiger partial charge in [-0.15, -0.1) is 0 Å². The summed E-state index contributed by atoms with van der Waals surface area (Å²) < 4.78 is 6.92. The summed E-state index contributed by atoms with van der Waals surface area (Å²) in [6, 6.07) is 26.0. The van der Waals surface area contributed by atoms with Crippen LogP contribution in [0.25, 0.3) is 22.4 Å². The second-order valence-corrected chi connectivity index (χ2v) is 7.79. The fourth-order valence-electron chi connectivity index (χ4n) is 3.77. The monoisotopic (exact) mass is 460 g/mol. The van der Waals surface area contributed by atoms with Crippen LogP contribution in [0.3, 0.4) is 0 Å². The minimum atomic E-state index is -0.320. The van der Waals surface area contributed by atoms with E-state index < -0.39 is 0 Å². The van der Waals surface area contributed by atoms with Crippen LogP contribution in [0.5, 0.6) is 5.75 Å². The largest absolute Gasteiger partial charge is 0.497 e. The molecule has 0 spiro atoms. The van der Waals surface area contributed by atoms with Gasteiger partial charge < -0.3 is 10.1 Å². The van der Waals surface area contributed by atoms with Crippen LogP contribution in [-0.2, 0) is 6.54 Å². The molecule has 2 aromatic heterocycles. The SMILES string of the molecule is COc1cccc(Cn2c(=O)c(-c3cccc(C#N)c3)nc3cnc(Nc4ccccc4)nc32)c1. The quantitative estimate of drug-likeness (QED) is 0.397. The Kier molecular flexibility index (Phi) is 5.89. The summed E-state index contributed by atoms with van der Waals surface area (Å²) in [7, 11) is 1.60. The van der Waals surface area contributed by atoms with Crippen LogP contribution in [0.15, 0.2) is 89.9 Å². The van der Waals surface area contributed by atoms with Crippen molar-refractivity contribution in [3.63, 3.8) is 0 Å². The van der Waals surface area contributed by atoms with Gasteiger partial charge in [0, 0.05) is 11.3 Å². The molecule has 5 aromatic rings. The molecular formula is C27H20N6O2. The topological polar surface area (TPSA) is 106 Å². The highest BCUT2D eigenvalue weighted by Gasteiger charge is 2.16. The number of nitrogens with zero attached hydrogens (tertiary/aromatic N) is 5. The Morgan fingerprint density at radius 2 is 1.83 bits per heavy atom. The summed E-state index contributed by atoms with van der Waals surface area (Å²) >= 11 is 0. The Bertz CT molecular complexity index is 1620. The first-order chi connectivity index (χ1) is 17.1. The second-order valence-electron chi connectivity index (χ2n) is 7.79. The predicted molar refractivity (Wildman–Crippen MR) is 134 cm³/mol. The summed E-state index contributed by atoms with van der Waals surface area (Å²) in [5, 5.41) is 12.5. The summed E-state index contributed by atoms with van der Waals surface area (Å²) in [5.41, 5.74) is 3.46. The van der Waals surface area contributed by atoms with E-state index in [1.54, 1.807) is 42.1 Å². The van der Waals surface area contributed by atoms with Crippen molar-refractivity contribution in [3.8, 4) is 23.1 Å². The van der Waals surface area contributed by atoms with Crippen molar-refractivity contribution in [2.75, 3.05) is 12.4 Å². The van der Waals surface area contributed by atoms with Gasteiger partial charge in [0.25, 0.3) is 5.56 Å². The van der Waals surface area contributed by atoms with Crippen molar-refractivity contribution >= 4 is 22.8 Å². The molecule has 8 heteroatoms. The van der Waals surface area contributed by atoms with E-state index in [0.717, 1.165) is 11.3 Å². The molecular weight excluding hydrogens is 440 g/mol. The van der Waals surface area contributed by atoms with Gasteiger partial charge in [-0.25, -0.2) is 9.97 Å². The van der Waals surface area contributed by atoms with Crippen molar-refractivity contribution in [1.29, 1.82) is 5.26 Å². The third-order valence-corrected chi connectivity index (χ3v) is 5.46. The number of nitrogens with one attached hydrogen (secondary N) is 1. The molecule has 0 saturated carbocycles. The first kappa shape index (κ1) is 21.8. The molecule has 0 aliphatic rings. The normalized spacial score (nSPS) is 10.6. The molecule has 5 rings (SSSR count). The Labute approximate surface area is 201 Å². The van der Waals surface area contributed by atoms with Crippen molar-refractivity contribution in [3.05, 3.63) is 107 Å². The summed E-state index contributed by atoms with van der Waals surface area (Å²) in [4.78, 5) is 27.3. The fourth-order valence-corrected chi connectivity index (χ4v) is 3.77. The number of hydrogen-bond acceptors (Lipinski definition) is 7. The molecule has 0 fully saturated rings. The van der Waals surface area contributed by atoms with Gasteiger partial charge in [-0.05, 0) is 42.0 Å². The average molecular weight is 460 g/mol. The minimum Gasteiger partial charge on any atom is -0.497 e. The number of nitriles is 1. The number of fused-ring (bicyclic) bond motifs is 1. The average Bonchev–Trinajstić information content (AvgIpc) is 2.91. The van der Waals surface area contributed by atoms with Gasteiger partial charge in [0.05, 0.1) is 31.5 Å². The number of methoxy groups -OCH3 is 1. The van der Waals surface area contributed by atoms with E-state index >= 15 is 0 Å². The highest BCUT2D eigenvalue weighted by Crippen LogP contribution is 2.21. The maximum absolute atomic E-state index is 13.7. The zero-order chi connectivity index (χ0) is 24.2. The van der Waals surface area contributed by atoms with Crippen LogP contribution in [-0.4, -0.2) is 26.6 Å². The van der Waals surface area contributed by atoms with Crippen LogP contribution in [0.1, 0.15) is 11.1 Å². The molecule has 0 bridgehead atoms. The van der Waals surface area contributed by atoms with Crippen molar-refractivity contribution in [1.82, 2.24) is 19.5 Å². The molecule has 0 aliphatic heterocycles. The lowest BCUT2D eigenvalue weighted by Gasteiger charge is -2.14. The highest BCUT2D eigenvalue weighted by atomic mass is 16.5. The first-order valence-electron chi connectivity index (χ1n) is 10.9. The van der Waals surface area contributed by atoms with E-state index in [0.29, 0.717) is 34.0 Å². The Morgan fingerprint density at radius 1 is 1.00 bits per heavy atom. The third-order valence-electron chi connectivity index (χ3n) is 5.46. The smallest absolute Gasteiger partial charge is 0.279 e. The zero-order valence-electron chi connectivity index (χ0n) is 18.8. The van der Waals surface area contributed by atoms with Gasteiger partial charge in [-0.2, -0.15) is 10.2 Å². The van der Waals surface area contributed by atoms with Crippen molar-refractivity contribution in [2.45, 2.75) is 6.54 Å². The lowest BCUT2D eigenvalue weighted by atomic mass is 10.1. The van der Waals surface area contributed by atoms with Gasteiger partial charge in [0.15, 0.2) is 5.65 Å². The van der Waals surface area contributed by atoms with Crippen molar-refractivity contribution in [2.24, 2.45) is 0 Å². The van der Waals surface area contributed by atoms with E-state index in [1.165, 1.54) is 0 Å². The number of ether oxygens (including phenoxy) is 1. The number of benzene rings is 3. The van der Waals surface area contributed by atoms with Crippen molar-refractivity contribution < 1.29 is 4.74 Å². The summed E-state index contributed by atoms with van der Waals surface area (Å²) in [5.74, 6) is 1.04. The number of rotatable bonds is 6. The third kappa shape index (κ3) is 4.56. The zero-order valence-corrected chi connectivity index (χ0v) is 18.8. The maximum atomic E-state index is 13.7. The Morgan fingerprint density at radius 3 is 2.63 bits per heavy atom. The van der Waals surface area contributed by atoms with Gasteiger partial charge in [-0.1, -0.05) is 42.5 Å². The van der Waals surface area contributed by atoms with E-state index in [-0.39, 0.29) is 17.8 Å². The first-order valence-corrected chi connectivity index (χ1v) is 10.9. The van der Waals surface area contributed by atoms with Gasteiger partial charge in [0.1, 0.15) is 17.0 Å². The number of para-hydroxylation sites is 1. The van der Waals surface area contributed by atoms with Gasteiger partial charge >= 0.3 is 0 Å². The molecule has 35 heavy (non-hydrogen) atoms. The molecule has 3 aromatic carbocycles. The fraction of sp³-hybridized carbons (Fsp3) is 0.0741. The number of hydrogen-bond donors (Lipinski definition) is 1. The molecule has 0 amide bonds. The van der Waals surface area contributed by atoms with Crippen LogP contribution in [0.4, 0.5) is 11.6 Å². The molecule has 2 heterocycles. The molecule has 1 N–H and O–H groups in total. The van der Waals surface area contributed by atoms with Crippen LogP contribution in [0.2, 0.25) is 0 Å².